The summed E-state index contributed by atoms with van der Waals surface area (Å²) in [6.07, 6.45) is -0.0856. The number of aliphatic carboxylic acids is 3. The van der Waals surface area contributed by atoms with Gasteiger partial charge in [0.1, 0.15) is 12.1 Å². The van der Waals surface area contributed by atoms with E-state index in [2.05, 4.69) is 10.6 Å². The van der Waals surface area contributed by atoms with E-state index >= 15 is 0 Å². The molecule has 9 heteroatoms. The second-order valence-electron chi connectivity index (χ2n) is 4.91. The van der Waals surface area contributed by atoms with Crippen molar-refractivity contribution in [2.45, 2.75) is 39.3 Å². The van der Waals surface area contributed by atoms with E-state index in [1.807, 2.05) is 0 Å². The van der Waals surface area contributed by atoms with Crippen molar-refractivity contribution < 1.29 is 34.5 Å². The highest BCUT2D eigenvalue weighted by Gasteiger charge is 2.28. The summed E-state index contributed by atoms with van der Waals surface area (Å²) in [5.41, 5.74) is 0. The Kier molecular flexibility index (Phi) is 7.18. The topological polar surface area (TPSA) is 153 Å². The fourth-order valence-corrected chi connectivity index (χ4v) is 1.50. The van der Waals surface area contributed by atoms with Gasteiger partial charge in [-0.25, -0.2) is 9.59 Å². The second kappa shape index (κ2) is 8.08. The molecule has 0 saturated heterocycles. The predicted molar refractivity (Wildman–Crippen MR) is 70.8 cm³/mol. The summed E-state index contributed by atoms with van der Waals surface area (Å²) in [6.45, 7) is 4.24. The fraction of sp³-hybridized carbons (Fsp3) is 0.667. The third-order valence-corrected chi connectivity index (χ3v) is 3.17. The number of carboxylic acid groups (broad SMARTS) is 3. The number of hydrogen-bond donors (Lipinski definition) is 5. The number of hydrogen-bond acceptors (Lipinski definition) is 4. The molecule has 0 saturated carbocycles. The number of amides is 2. The Hall–Kier alpha value is -2.32. The quantitative estimate of drug-likeness (QED) is 0.421. The maximum atomic E-state index is 11.5. The minimum atomic E-state index is -1.32. The summed E-state index contributed by atoms with van der Waals surface area (Å²) in [7, 11) is 0. The Morgan fingerprint density at radius 2 is 1.38 bits per heavy atom. The van der Waals surface area contributed by atoms with Gasteiger partial charge in [-0.15, -0.1) is 0 Å². The lowest BCUT2D eigenvalue weighted by Gasteiger charge is -2.22. The van der Waals surface area contributed by atoms with Crippen LogP contribution in [0.3, 0.4) is 0 Å². The van der Waals surface area contributed by atoms with Crippen LogP contribution < -0.4 is 10.6 Å². The zero-order valence-electron chi connectivity index (χ0n) is 12.0. The van der Waals surface area contributed by atoms with E-state index in [-0.39, 0.29) is 6.42 Å². The molecule has 4 unspecified atom stereocenters. The molecule has 0 aliphatic carbocycles. The third kappa shape index (κ3) is 6.59. The molecular formula is C12H20N2O7. The van der Waals surface area contributed by atoms with E-state index < -0.39 is 47.9 Å². The van der Waals surface area contributed by atoms with E-state index in [0.29, 0.717) is 0 Å². The van der Waals surface area contributed by atoms with Crippen LogP contribution in [0.15, 0.2) is 0 Å². The van der Waals surface area contributed by atoms with Crippen LogP contribution in [0.25, 0.3) is 0 Å². The van der Waals surface area contributed by atoms with Crippen molar-refractivity contribution >= 4 is 23.9 Å². The first-order chi connectivity index (χ1) is 9.56. The van der Waals surface area contributed by atoms with Gasteiger partial charge in [-0.05, 0) is 19.3 Å². The van der Waals surface area contributed by atoms with Crippen LogP contribution in [-0.2, 0) is 14.4 Å². The maximum absolute atomic E-state index is 11.5. The standard InChI is InChI=1S/C12H20N2O7/c1-5(6(2)9(15)16)4-8(11(19)20)14-12(21)13-7(3)10(17)18/h5-8H,4H2,1-3H3,(H,15,16)(H,17,18)(H,19,20)(H2,13,14,21). The lowest BCUT2D eigenvalue weighted by Crippen LogP contribution is -2.50. The highest BCUT2D eigenvalue weighted by molar-refractivity contribution is 5.85. The molecule has 0 aromatic rings. The Bertz CT molecular complexity index is 424. The molecule has 0 aromatic carbocycles. The molecule has 0 aliphatic heterocycles. The number of nitrogens with one attached hydrogen (secondary N) is 2. The highest BCUT2D eigenvalue weighted by atomic mass is 16.4. The molecule has 0 bridgehead atoms. The van der Waals surface area contributed by atoms with Crippen LogP contribution in [0.2, 0.25) is 0 Å². The summed E-state index contributed by atoms with van der Waals surface area (Å²) in [5.74, 6) is -4.89. The van der Waals surface area contributed by atoms with Crippen LogP contribution in [0.1, 0.15) is 27.2 Å². The van der Waals surface area contributed by atoms with Crippen LogP contribution in [0.4, 0.5) is 4.79 Å². The Balaban J connectivity index is 4.64. The molecule has 0 aliphatic rings. The molecule has 4 atom stereocenters. The fourth-order valence-electron chi connectivity index (χ4n) is 1.50. The average molecular weight is 304 g/mol. The van der Waals surface area contributed by atoms with E-state index in [4.69, 9.17) is 15.3 Å². The number of carbonyl (C=O) groups excluding carboxylic acids is 1. The first-order valence-electron chi connectivity index (χ1n) is 6.31. The van der Waals surface area contributed by atoms with Gasteiger partial charge in [0.2, 0.25) is 0 Å². The second-order valence-corrected chi connectivity index (χ2v) is 4.91. The smallest absolute Gasteiger partial charge is 0.326 e. The summed E-state index contributed by atoms with van der Waals surface area (Å²) in [5, 5.41) is 30.7. The number of rotatable bonds is 8. The van der Waals surface area contributed by atoms with Gasteiger partial charge in [-0.3, -0.25) is 9.59 Å². The highest BCUT2D eigenvalue weighted by Crippen LogP contribution is 2.17. The van der Waals surface area contributed by atoms with Crippen LogP contribution in [-0.4, -0.2) is 51.3 Å². The molecule has 0 radical (unpaired) electrons. The SMILES string of the molecule is CC(NC(=O)NC(CC(C)C(C)C(=O)O)C(=O)O)C(=O)O. The number of carboxylic acids is 3. The molecule has 5 N–H and O–H groups in total. The number of carbonyl (C=O) groups is 4. The molecule has 120 valence electrons. The first-order valence-corrected chi connectivity index (χ1v) is 6.31. The Morgan fingerprint density at radius 3 is 1.76 bits per heavy atom. The monoisotopic (exact) mass is 304 g/mol. The lowest BCUT2D eigenvalue weighted by atomic mass is 9.90. The van der Waals surface area contributed by atoms with Crippen molar-refractivity contribution in [1.82, 2.24) is 10.6 Å². The first kappa shape index (κ1) is 18.7. The van der Waals surface area contributed by atoms with E-state index in [0.717, 1.165) is 0 Å². The third-order valence-electron chi connectivity index (χ3n) is 3.17. The van der Waals surface area contributed by atoms with Crippen molar-refractivity contribution in [3.63, 3.8) is 0 Å². The average Bonchev–Trinajstić information content (AvgIpc) is 2.36. The zero-order valence-corrected chi connectivity index (χ0v) is 12.0. The molecule has 0 spiro atoms. The largest absolute Gasteiger partial charge is 0.481 e. The van der Waals surface area contributed by atoms with Crippen molar-refractivity contribution in [2.24, 2.45) is 11.8 Å². The van der Waals surface area contributed by atoms with Gasteiger partial charge in [0.15, 0.2) is 0 Å². The minimum Gasteiger partial charge on any atom is -0.481 e. The molecule has 9 nitrogen and oxygen atoms in total. The van der Waals surface area contributed by atoms with Crippen molar-refractivity contribution in [2.75, 3.05) is 0 Å². The summed E-state index contributed by atoms with van der Waals surface area (Å²) in [4.78, 5) is 44.0. The van der Waals surface area contributed by atoms with Crippen LogP contribution in [0.5, 0.6) is 0 Å². The zero-order chi connectivity index (χ0) is 16.7. The molecule has 2 amide bonds. The van der Waals surface area contributed by atoms with Gasteiger partial charge < -0.3 is 26.0 Å². The maximum Gasteiger partial charge on any atom is 0.326 e. The lowest BCUT2D eigenvalue weighted by molar-refractivity contribution is -0.145. The van der Waals surface area contributed by atoms with E-state index in [9.17, 15) is 19.2 Å². The summed E-state index contributed by atoms with van der Waals surface area (Å²) < 4.78 is 0. The number of urea groups is 1. The van der Waals surface area contributed by atoms with Crippen LogP contribution >= 0.6 is 0 Å². The molecule has 0 fully saturated rings. The van der Waals surface area contributed by atoms with E-state index in [1.165, 1.54) is 13.8 Å². The molecule has 0 aromatic heterocycles. The summed E-state index contributed by atoms with van der Waals surface area (Å²) >= 11 is 0. The van der Waals surface area contributed by atoms with Crippen molar-refractivity contribution in [3.05, 3.63) is 0 Å². The van der Waals surface area contributed by atoms with Crippen molar-refractivity contribution in [3.8, 4) is 0 Å². The Labute approximate surface area is 121 Å². The van der Waals surface area contributed by atoms with Gasteiger partial charge in [-0.1, -0.05) is 13.8 Å². The Morgan fingerprint density at radius 1 is 0.857 bits per heavy atom. The molecule has 21 heavy (non-hydrogen) atoms. The normalized spacial score (nSPS) is 16.1. The molecular weight excluding hydrogens is 284 g/mol. The molecule has 0 heterocycles. The van der Waals surface area contributed by atoms with Gasteiger partial charge >= 0.3 is 23.9 Å². The minimum absolute atomic E-state index is 0.0856. The molecule has 0 rings (SSSR count). The van der Waals surface area contributed by atoms with Gasteiger partial charge in [0.25, 0.3) is 0 Å². The van der Waals surface area contributed by atoms with E-state index in [1.54, 1.807) is 6.92 Å². The van der Waals surface area contributed by atoms with Crippen LogP contribution in [0, 0.1) is 11.8 Å². The predicted octanol–water partition coefficient (Wildman–Crippen LogP) is -0.0412. The summed E-state index contributed by atoms with van der Waals surface area (Å²) in [6, 6.07) is -3.41. The van der Waals surface area contributed by atoms with Gasteiger partial charge in [0.05, 0.1) is 5.92 Å². The van der Waals surface area contributed by atoms with Gasteiger partial charge in [0, 0.05) is 0 Å². The van der Waals surface area contributed by atoms with Crippen molar-refractivity contribution in [1.29, 1.82) is 0 Å². The van der Waals surface area contributed by atoms with Gasteiger partial charge in [-0.2, -0.15) is 0 Å².